The van der Waals surface area contributed by atoms with E-state index in [0.29, 0.717) is 27.6 Å². The number of rotatable bonds is 0. The summed E-state index contributed by atoms with van der Waals surface area (Å²) in [6.45, 7) is 20.5. The van der Waals surface area contributed by atoms with Crippen molar-refractivity contribution in [2.45, 2.75) is 119 Å². The summed E-state index contributed by atoms with van der Waals surface area (Å²) < 4.78 is 0. The Labute approximate surface area is 192 Å². The van der Waals surface area contributed by atoms with Gasteiger partial charge in [0.2, 0.25) is 0 Å². The molecular formula is C30H50O. The fourth-order valence-corrected chi connectivity index (χ4v) is 10.8. The number of hydrogen-bond acceptors (Lipinski definition) is 1. The van der Waals surface area contributed by atoms with Gasteiger partial charge in [0.05, 0.1) is 6.10 Å². The number of aliphatic hydroxyl groups excluding tert-OH is 1. The highest BCUT2D eigenvalue weighted by atomic mass is 16.3. The summed E-state index contributed by atoms with van der Waals surface area (Å²) in [5, 5.41) is 10.9. The summed E-state index contributed by atoms with van der Waals surface area (Å²) in [5.74, 6) is 3.90. The van der Waals surface area contributed by atoms with Crippen LogP contribution in [0.1, 0.15) is 113 Å². The van der Waals surface area contributed by atoms with Gasteiger partial charge in [-0.05, 0) is 114 Å². The maximum atomic E-state index is 10.9. The summed E-state index contributed by atoms with van der Waals surface area (Å²) in [7, 11) is 0. The Morgan fingerprint density at radius 1 is 0.806 bits per heavy atom. The lowest BCUT2D eigenvalue weighted by Gasteiger charge is -2.71. The minimum Gasteiger partial charge on any atom is -0.393 e. The molecule has 5 aliphatic rings. The van der Waals surface area contributed by atoms with Crippen LogP contribution in [0.4, 0.5) is 0 Å². The van der Waals surface area contributed by atoms with Crippen molar-refractivity contribution in [2.75, 3.05) is 0 Å². The van der Waals surface area contributed by atoms with E-state index >= 15 is 0 Å². The Kier molecular flexibility index (Phi) is 4.82. The van der Waals surface area contributed by atoms with Crippen molar-refractivity contribution >= 4 is 0 Å². The van der Waals surface area contributed by atoms with E-state index in [4.69, 9.17) is 0 Å². The molecule has 0 aromatic rings. The molecule has 1 N–H and O–H groups in total. The van der Waals surface area contributed by atoms with Gasteiger partial charge in [0.1, 0.15) is 0 Å². The average molecular weight is 427 g/mol. The molecule has 1 heteroatoms. The van der Waals surface area contributed by atoms with E-state index in [1.165, 1.54) is 51.4 Å². The normalized spacial score (nSPS) is 58.3. The van der Waals surface area contributed by atoms with E-state index in [1.807, 2.05) is 5.57 Å². The van der Waals surface area contributed by atoms with E-state index in [-0.39, 0.29) is 11.5 Å². The summed E-state index contributed by atoms with van der Waals surface area (Å²) in [6, 6.07) is 0. The maximum Gasteiger partial charge on any atom is 0.0594 e. The Morgan fingerprint density at radius 2 is 1.52 bits per heavy atom. The van der Waals surface area contributed by atoms with Crippen LogP contribution in [-0.4, -0.2) is 11.2 Å². The van der Waals surface area contributed by atoms with Crippen LogP contribution in [0.25, 0.3) is 0 Å². The Balaban J connectivity index is 1.59. The molecule has 0 aromatic carbocycles. The van der Waals surface area contributed by atoms with Crippen LogP contribution in [0.15, 0.2) is 11.6 Å². The largest absolute Gasteiger partial charge is 0.393 e. The first kappa shape index (κ1) is 22.5. The van der Waals surface area contributed by atoms with Gasteiger partial charge in [0, 0.05) is 0 Å². The Hall–Kier alpha value is -0.300. The molecule has 4 fully saturated rings. The molecule has 1 nitrogen and oxygen atoms in total. The fourth-order valence-electron chi connectivity index (χ4n) is 10.8. The smallest absolute Gasteiger partial charge is 0.0594 e. The fraction of sp³-hybridized carbons (Fsp3) is 0.933. The Morgan fingerprint density at radius 3 is 2.23 bits per heavy atom. The molecule has 0 aliphatic heterocycles. The quantitative estimate of drug-likeness (QED) is 0.389. The summed E-state index contributed by atoms with van der Waals surface area (Å²) in [4.78, 5) is 0. The zero-order valence-corrected chi connectivity index (χ0v) is 21.9. The van der Waals surface area contributed by atoms with Gasteiger partial charge in [-0.2, -0.15) is 0 Å². The number of fused-ring (bicyclic) bond motifs is 7. The van der Waals surface area contributed by atoms with Gasteiger partial charge in [0.15, 0.2) is 0 Å². The van der Waals surface area contributed by atoms with Gasteiger partial charge < -0.3 is 5.11 Å². The van der Waals surface area contributed by atoms with Gasteiger partial charge in [-0.25, -0.2) is 0 Å². The van der Waals surface area contributed by atoms with E-state index < -0.39 is 0 Å². The zero-order chi connectivity index (χ0) is 22.6. The first-order valence-electron chi connectivity index (χ1n) is 13.7. The van der Waals surface area contributed by atoms with E-state index in [1.54, 1.807) is 0 Å². The minimum absolute atomic E-state index is 0.0533. The number of hydrogen-bond donors (Lipinski definition) is 1. The maximum absolute atomic E-state index is 10.9. The predicted molar refractivity (Wildman–Crippen MR) is 131 cm³/mol. The van der Waals surface area contributed by atoms with Gasteiger partial charge in [-0.1, -0.05) is 67.0 Å². The van der Waals surface area contributed by atoms with Crippen molar-refractivity contribution in [3.05, 3.63) is 11.6 Å². The first-order chi connectivity index (χ1) is 14.3. The van der Waals surface area contributed by atoms with E-state index in [2.05, 4.69) is 61.5 Å². The summed E-state index contributed by atoms with van der Waals surface area (Å²) >= 11 is 0. The van der Waals surface area contributed by atoms with Gasteiger partial charge in [-0.15, -0.1) is 0 Å². The van der Waals surface area contributed by atoms with Crippen LogP contribution in [0.5, 0.6) is 0 Å². The molecule has 0 amide bonds. The lowest BCUT2D eigenvalue weighted by molar-refractivity contribution is -0.203. The molecule has 176 valence electrons. The van der Waals surface area contributed by atoms with Crippen molar-refractivity contribution in [3.8, 4) is 0 Å². The molecule has 0 aromatic heterocycles. The third kappa shape index (κ3) is 2.65. The lowest BCUT2D eigenvalue weighted by Crippen LogP contribution is -2.64. The third-order valence-electron chi connectivity index (χ3n) is 13.4. The van der Waals surface area contributed by atoms with Crippen LogP contribution in [-0.2, 0) is 0 Å². The molecule has 5 rings (SSSR count). The van der Waals surface area contributed by atoms with Crippen LogP contribution in [0.3, 0.4) is 0 Å². The van der Waals surface area contributed by atoms with E-state index in [9.17, 15) is 5.11 Å². The van der Waals surface area contributed by atoms with Crippen molar-refractivity contribution in [2.24, 2.45) is 56.7 Å². The molecule has 0 unspecified atom stereocenters. The number of allylic oxidation sites excluding steroid dienone is 2. The zero-order valence-electron chi connectivity index (χ0n) is 21.9. The molecule has 10 atom stereocenters. The van der Waals surface area contributed by atoms with Gasteiger partial charge in [0.25, 0.3) is 0 Å². The highest BCUT2D eigenvalue weighted by molar-refractivity contribution is 5.33. The molecule has 0 radical (unpaired) electrons. The summed E-state index contributed by atoms with van der Waals surface area (Å²) in [6.07, 6.45) is 14.5. The Bertz CT molecular complexity index is 779. The predicted octanol–water partition coefficient (Wildman–Crippen LogP) is 8.02. The third-order valence-corrected chi connectivity index (χ3v) is 13.4. The molecule has 0 spiro atoms. The van der Waals surface area contributed by atoms with Crippen LogP contribution in [0.2, 0.25) is 0 Å². The van der Waals surface area contributed by atoms with Gasteiger partial charge >= 0.3 is 0 Å². The van der Waals surface area contributed by atoms with Crippen LogP contribution in [0, 0.1) is 56.7 Å². The SMILES string of the molecule is C[C@@H]1[C@H](C)CC[C@]2(C)CC[C@]3(C)C(=CC[C@@H]4[C@@]5(C)CC[C@H](O)C(C)(C)[C@@H]5CC[C@]43C)[C@@H]12. The van der Waals surface area contributed by atoms with Gasteiger partial charge in [-0.3, -0.25) is 0 Å². The summed E-state index contributed by atoms with van der Waals surface area (Å²) in [5.41, 5.74) is 3.60. The second-order valence-electron chi connectivity index (χ2n) is 14.7. The lowest BCUT2D eigenvalue weighted by atomic mass is 9.33. The highest BCUT2D eigenvalue weighted by Crippen LogP contribution is 2.75. The second kappa shape index (κ2) is 6.64. The first-order valence-corrected chi connectivity index (χ1v) is 13.7. The average Bonchev–Trinajstić information content (AvgIpc) is 2.69. The van der Waals surface area contributed by atoms with Crippen LogP contribution >= 0.6 is 0 Å². The van der Waals surface area contributed by atoms with E-state index in [0.717, 1.165) is 30.1 Å². The number of aliphatic hydroxyl groups is 1. The molecule has 4 saturated carbocycles. The minimum atomic E-state index is -0.125. The van der Waals surface area contributed by atoms with Crippen molar-refractivity contribution in [3.63, 3.8) is 0 Å². The molecule has 0 bridgehead atoms. The van der Waals surface area contributed by atoms with Crippen molar-refractivity contribution < 1.29 is 5.11 Å². The van der Waals surface area contributed by atoms with Crippen molar-refractivity contribution in [1.82, 2.24) is 0 Å². The highest BCUT2D eigenvalue weighted by Gasteiger charge is 2.67. The molecule has 5 aliphatic carbocycles. The molecular weight excluding hydrogens is 376 g/mol. The molecule has 31 heavy (non-hydrogen) atoms. The second-order valence-corrected chi connectivity index (χ2v) is 14.7. The molecule has 0 saturated heterocycles. The standard InChI is InChI=1S/C30H50O/c1-19-11-14-27(5)17-18-29(7)21(25(27)20(19)2)9-10-23-28(6)15-13-24(31)26(3,4)22(28)12-16-30(23,29)8/h9,19-20,22-25,31H,10-18H2,1-8H3/t19-,20-,22+,23-,24+,25-,27-,28+,29-,30-/m1/s1. The van der Waals surface area contributed by atoms with Crippen molar-refractivity contribution in [1.29, 1.82) is 0 Å². The monoisotopic (exact) mass is 426 g/mol. The van der Waals surface area contributed by atoms with Crippen LogP contribution < -0.4 is 0 Å². The molecule has 0 heterocycles. The topological polar surface area (TPSA) is 20.2 Å².